The first kappa shape index (κ1) is 19.6. The Labute approximate surface area is 126 Å². The van der Waals surface area contributed by atoms with E-state index < -0.39 is 6.26 Å². The van der Waals surface area contributed by atoms with Crippen molar-refractivity contribution in [1.29, 1.82) is 0 Å². The predicted octanol–water partition coefficient (Wildman–Crippen LogP) is 5.66. The Balaban J connectivity index is 4.32. The van der Waals surface area contributed by atoms with Crippen LogP contribution in [0, 0.1) is 17.3 Å². The van der Waals surface area contributed by atoms with E-state index >= 15 is 0 Å². The Hall–Kier alpha value is 0.610. The monoisotopic (exact) mass is 306 g/mol. The van der Waals surface area contributed by atoms with E-state index in [2.05, 4.69) is 41.5 Å². The van der Waals surface area contributed by atoms with Crippen LogP contribution < -0.4 is 0 Å². The van der Waals surface area contributed by atoms with Crippen molar-refractivity contribution in [3.05, 3.63) is 0 Å². The van der Waals surface area contributed by atoms with Crippen molar-refractivity contribution >= 4 is 18.1 Å². The molecule has 0 amide bonds. The van der Waals surface area contributed by atoms with Crippen molar-refractivity contribution in [1.82, 2.24) is 0 Å². The molecule has 0 radical (unpaired) electrons. The molecule has 0 saturated heterocycles. The normalized spacial score (nSPS) is 18.9. The number of hydrogen-bond donors (Lipinski definition) is 1. The molecule has 0 aliphatic heterocycles. The Kier molecular flexibility index (Phi) is 9.08. The fourth-order valence-corrected chi connectivity index (χ4v) is 6.89. The zero-order valence-corrected chi connectivity index (χ0v) is 15.6. The van der Waals surface area contributed by atoms with Crippen LogP contribution in [0.15, 0.2) is 0 Å². The fourth-order valence-electron chi connectivity index (χ4n) is 2.99. The quantitative estimate of drug-likeness (QED) is 0.554. The lowest BCUT2D eigenvalue weighted by Crippen LogP contribution is -2.16. The summed E-state index contributed by atoms with van der Waals surface area (Å²) in [5, 5.41) is 0. The summed E-state index contributed by atoms with van der Waals surface area (Å²) in [6.07, 6.45) is 5.70. The van der Waals surface area contributed by atoms with E-state index in [-0.39, 0.29) is 0 Å². The van der Waals surface area contributed by atoms with Crippen LogP contribution in [0.4, 0.5) is 0 Å². The molecule has 0 bridgehead atoms. The summed E-state index contributed by atoms with van der Waals surface area (Å²) in [4.78, 5) is 10.6. The molecule has 0 aromatic heterocycles. The van der Waals surface area contributed by atoms with E-state index in [4.69, 9.17) is 11.8 Å². The summed E-state index contributed by atoms with van der Waals surface area (Å²) in [5.41, 5.74) is 0.334. The van der Waals surface area contributed by atoms with Crippen molar-refractivity contribution in [2.24, 2.45) is 17.3 Å². The molecule has 0 aliphatic carbocycles. The Bertz CT molecular complexity index is 283. The summed E-state index contributed by atoms with van der Waals surface area (Å²) in [7, 11) is 0. The summed E-state index contributed by atoms with van der Waals surface area (Å²) in [5.74, 6) is 1.18. The van der Waals surface area contributed by atoms with Gasteiger partial charge in [-0.1, -0.05) is 79.0 Å². The van der Waals surface area contributed by atoms with Gasteiger partial charge in [0.15, 0.2) is 0 Å². The summed E-state index contributed by atoms with van der Waals surface area (Å²) in [6.45, 7) is 13.5. The molecule has 1 N–H and O–H groups in total. The van der Waals surface area contributed by atoms with Crippen LogP contribution >= 0.6 is 6.26 Å². The average Bonchev–Trinajstić information content (AvgIpc) is 2.20. The molecule has 0 heterocycles. The Morgan fingerprint density at radius 3 is 2.16 bits per heavy atom. The smallest absolute Gasteiger partial charge is 0.0642 e. The third-order valence-electron chi connectivity index (χ3n) is 3.64. The highest BCUT2D eigenvalue weighted by Gasteiger charge is 2.24. The third-order valence-corrected chi connectivity index (χ3v) is 6.82. The largest absolute Gasteiger partial charge is 0.365 e. The second kappa shape index (κ2) is 8.80. The lowest BCUT2D eigenvalue weighted by Gasteiger charge is -2.28. The molecule has 116 valence electrons. The van der Waals surface area contributed by atoms with Crippen LogP contribution in [-0.2, 0) is 11.8 Å². The molecule has 3 heteroatoms. The van der Waals surface area contributed by atoms with Crippen LogP contribution in [0.25, 0.3) is 0 Å². The lowest BCUT2D eigenvalue weighted by molar-refractivity contribution is 0.320. The van der Waals surface area contributed by atoms with Crippen LogP contribution in [0.2, 0.25) is 0 Å². The van der Waals surface area contributed by atoms with E-state index in [1.807, 2.05) is 0 Å². The van der Waals surface area contributed by atoms with E-state index in [1.54, 1.807) is 0 Å². The topological polar surface area (TPSA) is 20.2 Å². The summed E-state index contributed by atoms with van der Waals surface area (Å²) < 4.78 is 0. The molecule has 0 saturated carbocycles. The molecule has 0 aromatic carbocycles. The maximum Gasteiger partial charge on any atom is 0.0642 e. The molecule has 3 unspecified atom stereocenters. The highest BCUT2D eigenvalue weighted by atomic mass is 32.4. The van der Waals surface area contributed by atoms with Gasteiger partial charge < -0.3 is 4.89 Å². The fraction of sp³-hybridized carbons (Fsp3) is 1.00. The van der Waals surface area contributed by atoms with E-state index in [0.717, 1.165) is 25.2 Å². The van der Waals surface area contributed by atoms with Gasteiger partial charge in [-0.15, -0.1) is 0 Å². The molecule has 3 atom stereocenters. The molecule has 1 nitrogen and oxygen atoms in total. The number of unbranched alkanes of at least 4 members (excludes halogenated alkanes) is 1. The molecular formula is C16H35OPS. The predicted molar refractivity (Wildman–Crippen MR) is 92.8 cm³/mol. The van der Waals surface area contributed by atoms with Crippen LogP contribution in [0.5, 0.6) is 0 Å². The van der Waals surface area contributed by atoms with Gasteiger partial charge in [-0.2, -0.15) is 0 Å². The minimum absolute atomic E-state index is 0.334. The van der Waals surface area contributed by atoms with Crippen LogP contribution in [0.3, 0.4) is 0 Å². The van der Waals surface area contributed by atoms with Gasteiger partial charge in [0.1, 0.15) is 0 Å². The number of hydrogen-bond acceptors (Lipinski definition) is 1. The number of rotatable bonds is 9. The first-order valence-electron chi connectivity index (χ1n) is 7.90. The lowest BCUT2D eigenvalue weighted by atomic mass is 9.86. The van der Waals surface area contributed by atoms with Crippen LogP contribution in [-0.4, -0.2) is 17.2 Å². The third kappa shape index (κ3) is 11.0. The first-order valence-corrected chi connectivity index (χ1v) is 11.0. The summed E-state index contributed by atoms with van der Waals surface area (Å²) >= 11 is 5.57. The zero-order valence-electron chi connectivity index (χ0n) is 13.9. The van der Waals surface area contributed by atoms with Crippen molar-refractivity contribution in [3.63, 3.8) is 0 Å². The molecule has 0 fully saturated rings. The van der Waals surface area contributed by atoms with E-state index in [1.165, 1.54) is 19.3 Å². The van der Waals surface area contributed by atoms with Gasteiger partial charge in [0.2, 0.25) is 0 Å². The second-order valence-corrected chi connectivity index (χ2v) is 12.0. The maximum absolute atomic E-state index is 10.6. The van der Waals surface area contributed by atoms with Gasteiger partial charge >= 0.3 is 0 Å². The molecular weight excluding hydrogens is 271 g/mol. The Morgan fingerprint density at radius 2 is 1.74 bits per heavy atom. The average molecular weight is 306 g/mol. The maximum atomic E-state index is 10.6. The molecule has 0 rings (SSSR count). The first-order chi connectivity index (χ1) is 8.59. The van der Waals surface area contributed by atoms with Gasteiger partial charge in [0.05, 0.1) is 6.26 Å². The standard InChI is InChI=1S/C16H35OPS/c1-7-9-10-15(8-2)13-18(17,19)12-14(3)11-16(4,5)6/h14-15H,7-13H2,1-6H3,(H,17,19). The Morgan fingerprint density at radius 1 is 1.16 bits per heavy atom. The zero-order chi connectivity index (χ0) is 15.1. The van der Waals surface area contributed by atoms with Gasteiger partial charge in [-0.25, -0.2) is 0 Å². The highest BCUT2D eigenvalue weighted by Crippen LogP contribution is 2.47. The van der Waals surface area contributed by atoms with Gasteiger partial charge in [-0.05, 0) is 23.7 Å². The van der Waals surface area contributed by atoms with Gasteiger partial charge in [0.25, 0.3) is 0 Å². The molecule has 0 spiro atoms. The van der Waals surface area contributed by atoms with Crippen molar-refractivity contribution in [2.75, 3.05) is 12.3 Å². The van der Waals surface area contributed by atoms with Crippen LogP contribution in [0.1, 0.15) is 73.6 Å². The van der Waals surface area contributed by atoms with Gasteiger partial charge in [-0.3, -0.25) is 0 Å². The molecule has 19 heavy (non-hydrogen) atoms. The molecule has 0 aromatic rings. The van der Waals surface area contributed by atoms with Crippen molar-refractivity contribution < 1.29 is 4.89 Å². The second-order valence-electron chi connectivity index (χ2n) is 7.50. The van der Waals surface area contributed by atoms with E-state index in [0.29, 0.717) is 17.3 Å². The molecule has 0 aliphatic rings. The summed E-state index contributed by atoms with van der Waals surface area (Å²) in [6, 6.07) is 0. The highest BCUT2D eigenvalue weighted by molar-refractivity contribution is 8.11. The van der Waals surface area contributed by atoms with Gasteiger partial charge in [0, 0.05) is 12.3 Å². The SMILES string of the molecule is CCCCC(CC)CP(O)(=S)CC(C)CC(C)(C)C. The van der Waals surface area contributed by atoms with Crippen molar-refractivity contribution in [3.8, 4) is 0 Å². The minimum atomic E-state index is -2.11. The van der Waals surface area contributed by atoms with E-state index in [9.17, 15) is 4.89 Å². The van der Waals surface area contributed by atoms with Crippen molar-refractivity contribution in [2.45, 2.75) is 73.6 Å². The minimum Gasteiger partial charge on any atom is -0.365 e.